The van der Waals surface area contributed by atoms with E-state index in [0.29, 0.717) is 10.1 Å². The number of para-hydroxylation sites is 1. The van der Waals surface area contributed by atoms with Gasteiger partial charge in [0.1, 0.15) is 0 Å². The van der Waals surface area contributed by atoms with Gasteiger partial charge >= 0.3 is 0 Å². The van der Waals surface area contributed by atoms with Gasteiger partial charge in [-0.05, 0) is 49.1 Å². The van der Waals surface area contributed by atoms with Crippen LogP contribution in [0.25, 0.3) is 10.8 Å². The summed E-state index contributed by atoms with van der Waals surface area (Å²) in [6, 6.07) is 20.4. The van der Waals surface area contributed by atoms with Crippen molar-refractivity contribution in [1.29, 1.82) is 0 Å². The molecule has 24 heavy (non-hydrogen) atoms. The van der Waals surface area contributed by atoms with Crippen molar-refractivity contribution in [1.82, 2.24) is 0 Å². The van der Waals surface area contributed by atoms with E-state index in [1.54, 1.807) is 0 Å². The first kappa shape index (κ1) is 16.7. The summed E-state index contributed by atoms with van der Waals surface area (Å²) in [5, 5.41) is 7.02. The van der Waals surface area contributed by atoms with E-state index >= 15 is 0 Å². The second-order valence-corrected chi connectivity index (χ2v) is 6.40. The lowest BCUT2D eigenvalue weighted by atomic mass is 10.1. The van der Waals surface area contributed by atoms with E-state index in [4.69, 9.17) is 23.8 Å². The van der Waals surface area contributed by atoms with Crippen LogP contribution in [-0.4, -0.2) is 11.7 Å². The number of hydrogen-bond donors (Lipinski definition) is 1. The largest absolute Gasteiger partial charge is 0.331 e. The number of hydrogen-bond acceptors (Lipinski definition) is 1. The van der Waals surface area contributed by atoms with E-state index in [9.17, 15) is 0 Å². The van der Waals surface area contributed by atoms with E-state index in [0.717, 1.165) is 23.5 Å². The zero-order valence-corrected chi connectivity index (χ0v) is 15.3. The molecule has 0 saturated carbocycles. The molecule has 0 saturated heterocycles. The minimum atomic E-state index is 0.644. The van der Waals surface area contributed by atoms with Gasteiger partial charge in [0.05, 0.1) is 16.4 Å². The van der Waals surface area contributed by atoms with Gasteiger partial charge in [-0.1, -0.05) is 60.1 Å². The molecule has 4 heteroatoms. The van der Waals surface area contributed by atoms with Gasteiger partial charge in [0.25, 0.3) is 0 Å². The Kier molecular flexibility index (Phi) is 5.03. The third kappa shape index (κ3) is 3.23. The molecule has 0 bridgehead atoms. The number of nitrogens with one attached hydrogen (secondary N) is 1. The van der Waals surface area contributed by atoms with Gasteiger partial charge < -0.3 is 10.2 Å². The van der Waals surface area contributed by atoms with Crippen molar-refractivity contribution < 1.29 is 0 Å². The highest BCUT2D eigenvalue weighted by Gasteiger charge is 2.15. The smallest absolute Gasteiger partial charge is 0.178 e. The van der Waals surface area contributed by atoms with Crippen molar-refractivity contribution in [2.75, 3.05) is 16.8 Å². The fourth-order valence-corrected chi connectivity index (χ4v) is 3.43. The molecule has 3 aromatic rings. The molecule has 0 fully saturated rings. The Hall–Kier alpha value is -2.10. The van der Waals surface area contributed by atoms with Crippen molar-refractivity contribution in [2.45, 2.75) is 13.8 Å². The standard InChI is InChI=1S/C20H19ClN2S/c1-3-23(18-13-7-10-15-9-4-5-11-16(15)18)20(24)22-19-14(2)8-6-12-17(19)21/h4-13H,3H2,1-2H3,(H,22,24). The molecule has 2 nitrogen and oxygen atoms in total. The van der Waals surface area contributed by atoms with Gasteiger partial charge in [-0.15, -0.1) is 0 Å². The lowest BCUT2D eigenvalue weighted by Gasteiger charge is -2.26. The highest BCUT2D eigenvalue weighted by Crippen LogP contribution is 2.29. The summed E-state index contributed by atoms with van der Waals surface area (Å²) in [5.74, 6) is 0. The average molecular weight is 355 g/mol. The monoisotopic (exact) mass is 354 g/mol. The molecule has 0 unspecified atom stereocenters. The van der Waals surface area contributed by atoms with Gasteiger partial charge in [0.2, 0.25) is 0 Å². The minimum absolute atomic E-state index is 0.644. The third-order valence-corrected chi connectivity index (χ3v) is 4.71. The van der Waals surface area contributed by atoms with Crippen molar-refractivity contribution in [2.24, 2.45) is 0 Å². The molecule has 0 aliphatic heterocycles. The minimum Gasteiger partial charge on any atom is -0.331 e. The van der Waals surface area contributed by atoms with Crippen molar-refractivity contribution in [3.8, 4) is 0 Å². The molecule has 0 aliphatic rings. The van der Waals surface area contributed by atoms with Crippen LogP contribution in [0, 0.1) is 6.92 Å². The summed E-state index contributed by atoms with van der Waals surface area (Å²) in [6.45, 7) is 4.88. The number of anilines is 2. The van der Waals surface area contributed by atoms with Crippen LogP contribution in [0.1, 0.15) is 12.5 Å². The maximum Gasteiger partial charge on any atom is 0.178 e. The first-order chi connectivity index (χ1) is 11.6. The van der Waals surface area contributed by atoms with E-state index in [1.807, 2.05) is 37.3 Å². The molecule has 122 valence electrons. The maximum atomic E-state index is 6.32. The third-order valence-electron chi connectivity index (χ3n) is 4.07. The van der Waals surface area contributed by atoms with E-state index in [1.165, 1.54) is 10.8 Å². The highest BCUT2D eigenvalue weighted by molar-refractivity contribution is 7.80. The van der Waals surface area contributed by atoms with Crippen LogP contribution in [0.5, 0.6) is 0 Å². The molecule has 0 radical (unpaired) electrons. The Morgan fingerprint density at radius 3 is 2.50 bits per heavy atom. The van der Waals surface area contributed by atoms with Crippen LogP contribution >= 0.6 is 23.8 Å². The van der Waals surface area contributed by atoms with E-state index < -0.39 is 0 Å². The SMILES string of the molecule is CCN(C(=S)Nc1c(C)cccc1Cl)c1cccc2ccccc12. The number of thiocarbonyl (C=S) groups is 1. The first-order valence-electron chi connectivity index (χ1n) is 7.93. The Balaban J connectivity index is 1.97. The Morgan fingerprint density at radius 2 is 1.75 bits per heavy atom. The predicted molar refractivity (Wildman–Crippen MR) is 109 cm³/mol. The molecule has 0 aromatic heterocycles. The second-order valence-electron chi connectivity index (χ2n) is 5.60. The summed E-state index contributed by atoms with van der Waals surface area (Å²) in [6.07, 6.45) is 0. The van der Waals surface area contributed by atoms with Crippen molar-refractivity contribution in [3.05, 3.63) is 71.2 Å². The second kappa shape index (κ2) is 7.20. The molecule has 0 atom stereocenters. The van der Waals surface area contributed by atoms with Crippen LogP contribution in [0.15, 0.2) is 60.7 Å². The fraction of sp³-hybridized carbons (Fsp3) is 0.150. The van der Waals surface area contributed by atoms with Crippen molar-refractivity contribution in [3.63, 3.8) is 0 Å². The lowest BCUT2D eigenvalue weighted by Crippen LogP contribution is -2.35. The number of fused-ring (bicyclic) bond motifs is 1. The van der Waals surface area contributed by atoms with Gasteiger partial charge in [0, 0.05) is 11.9 Å². The van der Waals surface area contributed by atoms with Crippen LogP contribution in [0.2, 0.25) is 5.02 Å². The van der Waals surface area contributed by atoms with Gasteiger partial charge in [-0.3, -0.25) is 0 Å². The van der Waals surface area contributed by atoms with Gasteiger partial charge in [-0.25, -0.2) is 0 Å². The van der Waals surface area contributed by atoms with Crippen LogP contribution < -0.4 is 10.2 Å². The fourth-order valence-electron chi connectivity index (χ4n) is 2.83. The molecule has 0 amide bonds. The molecule has 0 aliphatic carbocycles. The van der Waals surface area contributed by atoms with Crippen molar-refractivity contribution >= 4 is 51.1 Å². The molecular formula is C20H19ClN2S. The van der Waals surface area contributed by atoms with Gasteiger partial charge in [-0.2, -0.15) is 0 Å². The zero-order chi connectivity index (χ0) is 17.1. The maximum absolute atomic E-state index is 6.32. The molecular weight excluding hydrogens is 336 g/mol. The quantitative estimate of drug-likeness (QED) is 0.578. The summed E-state index contributed by atoms with van der Waals surface area (Å²) >= 11 is 12.0. The molecule has 0 spiro atoms. The molecule has 3 aromatic carbocycles. The molecule has 1 N–H and O–H groups in total. The topological polar surface area (TPSA) is 15.3 Å². The summed E-state index contributed by atoms with van der Waals surface area (Å²) in [7, 11) is 0. The number of nitrogens with zero attached hydrogens (tertiary/aromatic N) is 1. The number of rotatable bonds is 3. The summed E-state index contributed by atoms with van der Waals surface area (Å²) < 4.78 is 0. The highest BCUT2D eigenvalue weighted by atomic mass is 35.5. The summed E-state index contributed by atoms with van der Waals surface area (Å²) in [4.78, 5) is 2.10. The van der Waals surface area contributed by atoms with Crippen LogP contribution in [-0.2, 0) is 0 Å². The normalized spacial score (nSPS) is 10.6. The predicted octanol–water partition coefficient (Wildman–Crippen LogP) is 6.02. The number of halogens is 1. The van der Waals surface area contributed by atoms with Crippen LogP contribution in [0.4, 0.5) is 11.4 Å². The Bertz CT molecular complexity index is 866. The van der Waals surface area contributed by atoms with E-state index in [2.05, 4.69) is 47.5 Å². The Labute approximate surface area is 153 Å². The van der Waals surface area contributed by atoms with Gasteiger partial charge in [0.15, 0.2) is 5.11 Å². The average Bonchev–Trinajstić information content (AvgIpc) is 2.59. The Morgan fingerprint density at radius 1 is 1.04 bits per heavy atom. The lowest BCUT2D eigenvalue weighted by molar-refractivity contribution is 1.07. The first-order valence-corrected chi connectivity index (χ1v) is 8.72. The number of benzene rings is 3. The van der Waals surface area contributed by atoms with E-state index in [-0.39, 0.29) is 0 Å². The zero-order valence-electron chi connectivity index (χ0n) is 13.7. The van der Waals surface area contributed by atoms with Crippen LogP contribution in [0.3, 0.4) is 0 Å². The molecule has 3 rings (SSSR count). The summed E-state index contributed by atoms with van der Waals surface area (Å²) in [5.41, 5.74) is 3.03. The number of aryl methyl sites for hydroxylation is 1. The molecule has 0 heterocycles.